The second kappa shape index (κ2) is 10.7. The van der Waals surface area contributed by atoms with Crippen LogP contribution in [0, 0.1) is 5.92 Å². The Labute approximate surface area is 187 Å². The summed E-state index contributed by atoms with van der Waals surface area (Å²) in [6, 6.07) is 16.0. The number of hydrogen-bond donors (Lipinski definition) is 1. The summed E-state index contributed by atoms with van der Waals surface area (Å²) in [4.78, 5) is 25.1. The smallest absolute Gasteiger partial charge is 0.493 e. The van der Waals surface area contributed by atoms with E-state index in [9.17, 15) is 9.59 Å². The Balaban J connectivity index is 1.88. The minimum absolute atomic E-state index is 0.143. The summed E-state index contributed by atoms with van der Waals surface area (Å²) in [6.07, 6.45) is 0. The first-order valence-electron chi connectivity index (χ1n) is 10.2. The molecule has 0 fully saturated rings. The predicted molar refractivity (Wildman–Crippen MR) is 118 cm³/mol. The molecule has 0 bridgehead atoms. The molecule has 32 heavy (non-hydrogen) atoms. The lowest BCUT2D eigenvalue weighted by Crippen LogP contribution is -2.44. The molecule has 0 saturated carbocycles. The largest absolute Gasteiger partial charge is 0.864 e. The Morgan fingerprint density at radius 3 is 2.12 bits per heavy atom. The van der Waals surface area contributed by atoms with Gasteiger partial charge in [0.05, 0.1) is 37.5 Å². The molecule has 0 amide bonds. The number of carbonyl (C=O) groups is 2. The van der Waals surface area contributed by atoms with Crippen LogP contribution in [0.15, 0.2) is 65.9 Å². The van der Waals surface area contributed by atoms with Gasteiger partial charge in [-0.25, -0.2) is 4.79 Å². The lowest BCUT2D eigenvalue weighted by Gasteiger charge is -2.26. The van der Waals surface area contributed by atoms with Gasteiger partial charge in [0.2, 0.25) is 0 Å². The number of benzene rings is 2. The maximum absolute atomic E-state index is 12.8. The van der Waals surface area contributed by atoms with Crippen molar-refractivity contribution in [2.24, 2.45) is 5.92 Å². The van der Waals surface area contributed by atoms with Gasteiger partial charge in [0.25, 0.3) is 0 Å². The normalized spacial score (nSPS) is 14.8. The fourth-order valence-corrected chi connectivity index (χ4v) is 3.41. The minimum Gasteiger partial charge on any atom is -0.493 e. The van der Waals surface area contributed by atoms with Crippen LogP contribution in [0.2, 0.25) is 0 Å². The highest BCUT2D eigenvalue weighted by Gasteiger charge is 2.40. The summed E-state index contributed by atoms with van der Waals surface area (Å²) in [6.45, 7) is 3.68. The molecule has 8 nitrogen and oxygen atoms in total. The molecule has 1 aliphatic rings. The molecular weight excluding hydrogens is 413 g/mol. The second-order valence-electron chi connectivity index (χ2n) is 7.21. The van der Waals surface area contributed by atoms with Crippen LogP contribution in [0.1, 0.15) is 19.4 Å². The first-order chi connectivity index (χ1) is 15.4. The van der Waals surface area contributed by atoms with Crippen LogP contribution in [-0.2, 0) is 30.3 Å². The Morgan fingerprint density at radius 1 is 0.969 bits per heavy atom. The number of ether oxygens (including phenoxy) is 2. The van der Waals surface area contributed by atoms with E-state index in [4.69, 9.17) is 23.4 Å². The molecule has 168 valence electrons. The highest BCUT2D eigenvalue weighted by atomic mass is 16.8. The third-order valence-electron chi connectivity index (χ3n) is 5.11. The standard InChI is InChI=1S/C23H26BNO7/c1-15(22(26)28-3)21(25-14-17-10-6-5-7-11-17)20(23(27)29-4)16(2)30-24-31-18-12-8-9-13-19(18)32-24/h5-13,15,21,25H,14H2,1-4H3/b20-16+/t15-,21-/m1/s1. The summed E-state index contributed by atoms with van der Waals surface area (Å²) < 4.78 is 27.0. The molecule has 0 saturated heterocycles. The Morgan fingerprint density at radius 2 is 1.56 bits per heavy atom. The quantitative estimate of drug-likeness (QED) is 0.276. The van der Waals surface area contributed by atoms with Gasteiger partial charge in [0.1, 0.15) is 11.5 Å². The predicted octanol–water partition coefficient (Wildman–Crippen LogP) is 2.87. The van der Waals surface area contributed by atoms with E-state index in [1.54, 1.807) is 26.0 Å². The summed E-state index contributed by atoms with van der Waals surface area (Å²) in [7, 11) is 1.50. The molecule has 3 rings (SSSR count). The molecular formula is C23H26BNO7. The zero-order valence-electron chi connectivity index (χ0n) is 18.5. The molecule has 2 aromatic carbocycles. The number of hydrogen-bond acceptors (Lipinski definition) is 8. The second-order valence-corrected chi connectivity index (χ2v) is 7.21. The maximum Gasteiger partial charge on any atom is 0.864 e. The Hall–Kier alpha value is -3.46. The van der Waals surface area contributed by atoms with Crippen LogP contribution < -0.4 is 14.6 Å². The molecule has 0 spiro atoms. The zero-order valence-corrected chi connectivity index (χ0v) is 18.5. The van der Waals surface area contributed by atoms with E-state index in [0.717, 1.165) is 5.56 Å². The van der Waals surface area contributed by atoms with Crippen molar-refractivity contribution >= 4 is 19.3 Å². The number of nitrogens with one attached hydrogen (secondary N) is 1. The highest BCUT2D eigenvalue weighted by Crippen LogP contribution is 2.33. The number of carbonyl (C=O) groups excluding carboxylic acids is 2. The van der Waals surface area contributed by atoms with Gasteiger partial charge in [-0.1, -0.05) is 49.4 Å². The van der Waals surface area contributed by atoms with Crippen molar-refractivity contribution in [3.63, 3.8) is 0 Å². The van der Waals surface area contributed by atoms with E-state index in [0.29, 0.717) is 18.0 Å². The van der Waals surface area contributed by atoms with E-state index < -0.39 is 31.2 Å². The van der Waals surface area contributed by atoms with E-state index in [-0.39, 0.29) is 11.3 Å². The summed E-state index contributed by atoms with van der Waals surface area (Å²) in [5, 5.41) is 3.27. The molecule has 0 radical (unpaired) electrons. The first kappa shape index (κ1) is 23.2. The van der Waals surface area contributed by atoms with Crippen molar-refractivity contribution < 1.29 is 33.0 Å². The summed E-state index contributed by atoms with van der Waals surface area (Å²) in [5.74, 6) is -0.557. The van der Waals surface area contributed by atoms with Crippen LogP contribution in [0.4, 0.5) is 0 Å². The lowest BCUT2D eigenvalue weighted by atomic mass is 9.92. The average Bonchev–Trinajstić information content (AvgIpc) is 3.23. The molecule has 1 aliphatic heterocycles. The monoisotopic (exact) mass is 439 g/mol. The van der Waals surface area contributed by atoms with Gasteiger partial charge in [-0.2, -0.15) is 0 Å². The third kappa shape index (κ3) is 5.42. The maximum atomic E-state index is 12.8. The third-order valence-corrected chi connectivity index (χ3v) is 5.11. The van der Waals surface area contributed by atoms with Gasteiger partial charge in [-0.3, -0.25) is 4.79 Å². The number of para-hydroxylation sites is 2. The van der Waals surface area contributed by atoms with Crippen LogP contribution in [-0.4, -0.2) is 39.5 Å². The molecule has 9 heteroatoms. The number of methoxy groups -OCH3 is 2. The van der Waals surface area contributed by atoms with Crippen molar-refractivity contribution in [3.05, 3.63) is 71.5 Å². The lowest BCUT2D eigenvalue weighted by molar-refractivity contribution is -0.145. The molecule has 2 atom stereocenters. The number of fused-ring (bicyclic) bond motifs is 1. The fourth-order valence-electron chi connectivity index (χ4n) is 3.41. The van der Waals surface area contributed by atoms with Gasteiger partial charge < -0.3 is 28.8 Å². The van der Waals surface area contributed by atoms with Gasteiger partial charge >= 0.3 is 19.3 Å². The van der Waals surface area contributed by atoms with Crippen LogP contribution in [0.25, 0.3) is 0 Å². The van der Waals surface area contributed by atoms with E-state index in [2.05, 4.69) is 5.32 Å². The van der Waals surface area contributed by atoms with Crippen LogP contribution in [0.5, 0.6) is 11.5 Å². The average molecular weight is 439 g/mol. The number of esters is 2. The Bertz CT molecular complexity index is 954. The molecule has 2 aromatic rings. The zero-order chi connectivity index (χ0) is 23.1. The van der Waals surface area contributed by atoms with Gasteiger partial charge in [-0.05, 0) is 24.6 Å². The number of rotatable bonds is 9. The van der Waals surface area contributed by atoms with E-state index in [1.807, 2.05) is 42.5 Å². The van der Waals surface area contributed by atoms with Crippen molar-refractivity contribution in [1.29, 1.82) is 0 Å². The topological polar surface area (TPSA) is 92.3 Å². The van der Waals surface area contributed by atoms with Gasteiger partial charge in [-0.15, -0.1) is 0 Å². The van der Waals surface area contributed by atoms with E-state index >= 15 is 0 Å². The van der Waals surface area contributed by atoms with Gasteiger partial charge in [0, 0.05) is 6.54 Å². The van der Waals surface area contributed by atoms with Gasteiger partial charge in [0.15, 0.2) is 0 Å². The molecule has 0 aliphatic carbocycles. The molecule has 1 N–H and O–H groups in total. The fraction of sp³-hybridized carbons (Fsp3) is 0.304. The SMILES string of the molecule is COC(=O)/C(=C(\C)OB1Oc2ccccc2O1)[C@H](NCc1ccccc1)[C@@H](C)C(=O)OC. The highest BCUT2D eigenvalue weighted by molar-refractivity contribution is 6.40. The van der Waals surface area contributed by atoms with Crippen LogP contribution in [0.3, 0.4) is 0 Å². The minimum atomic E-state index is -1.07. The van der Waals surface area contributed by atoms with Crippen molar-refractivity contribution in [2.45, 2.75) is 26.4 Å². The van der Waals surface area contributed by atoms with Crippen LogP contribution >= 0.6 is 0 Å². The summed E-state index contributed by atoms with van der Waals surface area (Å²) >= 11 is 0. The van der Waals surface area contributed by atoms with Crippen molar-refractivity contribution in [1.82, 2.24) is 5.32 Å². The summed E-state index contributed by atoms with van der Waals surface area (Å²) in [5.41, 5.74) is 1.12. The van der Waals surface area contributed by atoms with Crippen molar-refractivity contribution in [2.75, 3.05) is 14.2 Å². The Kier molecular flexibility index (Phi) is 7.78. The first-order valence-corrected chi connectivity index (χ1v) is 10.2. The molecule has 1 heterocycles. The van der Waals surface area contributed by atoms with Crippen molar-refractivity contribution in [3.8, 4) is 11.5 Å². The number of allylic oxidation sites excluding steroid dienone is 1. The molecule has 0 aromatic heterocycles. The molecule has 0 unspecified atom stereocenters. The van der Waals surface area contributed by atoms with E-state index in [1.165, 1.54) is 14.2 Å².